The molecule has 0 aliphatic heterocycles. The number of nitrogens with one attached hydrogen (secondary N) is 1. The fourth-order valence-electron chi connectivity index (χ4n) is 2.81. The van der Waals surface area contributed by atoms with Crippen molar-refractivity contribution in [3.8, 4) is 11.3 Å². The maximum absolute atomic E-state index is 5.94. The van der Waals surface area contributed by atoms with Gasteiger partial charge in [-0.15, -0.1) is 11.3 Å². The summed E-state index contributed by atoms with van der Waals surface area (Å²) in [7, 11) is 0. The largest absolute Gasteiger partial charge is 0.252 e. The summed E-state index contributed by atoms with van der Waals surface area (Å²) in [6.45, 7) is 2.00. The van der Waals surface area contributed by atoms with Crippen molar-refractivity contribution in [3.05, 3.63) is 82.7 Å². The molecule has 0 atom stereocenters. The summed E-state index contributed by atoms with van der Waals surface area (Å²) >= 11 is 7.47. The Morgan fingerprint density at radius 1 is 1.00 bits per heavy atom. The van der Waals surface area contributed by atoms with Crippen molar-refractivity contribution in [2.45, 2.75) is 6.92 Å². The van der Waals surface area contributed by atoms with Crippen LogP contribution >= 0.6 is 22.9 Å². The highest BCUT2D eigenvalue weighted by Crippen LogP contribution is 2.26. The summed E-state index contributed by atoms with van der Waals surface area (Å²) in [5, 5.41) is 10.4. The van der Waals surface area contributed by atoms with E-state index in [1.165, 1.54) is 22.1 Å². The molecule has 0 saturated heterocycles. The lowest BCUT2D eigenvalue weighted by Gasteiger charge is -2.06. The van der Waals surface area contributed by atoms with Crippen molar-refractivity contribution >= 4 is 44.6 Å². The third kappa shape index (κ3) is 3.47. The van der Waals surface area contributed by atoms with Crippen molar-refractivity contribution in [1.29, 1.82) is 0 Å². The number of halogens is 1. The Morgan fingerprint density at radius 3 is 2.62 bits per heavy atom. The molecule has 0 unspecified atom stereocenters. The molecule has 26 heavy (non-hydrogen) atoms. The normalized spacial score (nSPS) is 11.7. The number of hydrogen-bond acceptors (Lipinski definition) is 4. The van der Waals surface area contributed by atoms with E-state index in [2.05, 4.69) is 45.8 Å². The molecular weight excluding hydrogens is 362 g/mol. The molecule has 4 aromatic rings. The molecule has 0 spiro atoms. The fourth-order valence-corrected chi connectivity index (χ4v) is 3.60. The summed E-state index contributed by atoms with van der Waals surface area (Å²) in [4.78, 5) is 4.60. The Kier molecular flexibility index (Phi) is 4.69. The number of hydrazone groups is 1. The van der Waals surface area contributed by atoms with Gasteiger partial charge in [0.1, 0.15) is 0 Å². The summed E-state index contributed by atoms with van der Waals surface area (Å²) in [6, 6.07) is 22.2. The second-order valence-corrected chi connectivity index (χ2v) is 7.18. The van der Waals surface area contributed by atoms with Crippen molar-refractivity contribution in [2.24, 2.45) is 5.10 Å². The third-order valence-corrected chi connectivity index (χ3v) is 5.14. The first-order valence-corrected chi connectivity index (χ1v) is 9.46. The molecular formula is C21H16ClN3S. The van der Waals surface area contributed by atoms with Crippen molar-refractivity contribution in [1.82, 2.24) is 4.98 Å². The summed E-state index contributed by atoms with van der Waals surface area (Å²) in [5.74, 6) is 0. The van der Waals surface area contributed by atoms with Crippen LogP contribution < -0.4 is 5.43 Å². The zero-order valence-electron chi connectivity index (χ0n) is 14.1. The number of anilines is 1. The smallest absolute Gasteiger partial charge is 0.203 e. The van der Waals surface area contributed by atoms with Crippen LogP contribution in [0.2, 0.25) is 5.02 Å². The van der Waals surface area contributed by atoms with Crippen LogP contribution in [0.25, 0.3) is 22.0 Å². The monoisotopic (exact) mass is 377 g/mol. The molecule has 128 valence electrons. The van der Waals surface area contributed by atoms with Gasteiger partial charge in [0.25, 0.3) is 0 Å². The highest BCUT2D eigenvalue weighted by molar-refractivity contribution is 7.14. The van der Waals surface area contributed by atoms with Crippen LogP contribution in [-0.2, 0) is 0 Å². The Morgan fingerprint density at radius 2 is 1.77 bits per heavy atom. The molecule has 0 bridgehead atoms. The van der Waals surface area contributed by atoms with Gasteiger partial charge >= 0.3 is 0 Å². The number of rotatable bonds is 4. The van der Waals surface area contributed by atoms with E-state index in [0.29, 0.717) is 0 Å². The second kappa shape index (κ2) is 7.28. The van der Waals surface area contributed by atoms with Crippen molar-refractivity contribution in [3.63, 3.8) is 0 Å². The van der Waals surface area contributed by atoms with Gasteiger partial charge in [-0.2, -0.15) is 5.10 Å². The van der Waals surface area contributed by atoms with Gasteiger partial charge in [0, 0.05) is 21.5 Å². The van der Waals surface area contributed by atoms with E-state index in [1.807, 2.05) is 48.7 Å². The number of fused-ring (bicyclic) bond motifs is 1. The van der Waals surface area contributed by atoms with E-state index in [4.69, 9.17) is 11.6 Å². The summed E-state index contributed by atoms with van der Waals surface area (Å²) in [5.41, 5.74) is 7.06. The molecule has 0 aliphatic rings. The van der Waals surface area contributed by atoms with Crippen LogP contribution in [0.15, 0.2) is 77.2 Å². The van der Waals surface area contributed by atoms with Gasteiger partial charge in [0.2, 0.25) is 5.13 Å². The number of hydrogen-bond donors (Lipinski definition) is 1. The second-order valence-electron chi connectivity index (χ2n) is 5.88. The van der Waals surface area contributed by atoms with Crippen LogP contribution in [0.1, 0.15) is 12.5 Å². The minimum Gasteiger partial charge on any atom is -0.252 e. The first kappa shape index (κ1) is 16.8. The van der Waals surface area contributed by atoms with E-state index in [1.54, 1.807) is 0 Å². The van der Waals surface area contributed by atoms with E-state index in [0.717, 1.165) is 32.7 Å². The molecule has 3 nitrogen and oxygen atoms in total. The molecule has 0 amide bonds. The molecule has 1 N–H and O–H groups in total. The van der Waals surface area contributed by atoms with E-state index < -0.39 is 0 Å². The van der Waals surface area contributed by atoms with E-state index in [-0.39, 0.29) is 0 Å². The number of benzene rings is 3. The predicted molar refractivity (Wildman–Crippen MR) is 112 cm³/mol. The topological polar surface area (TPSA) is 37.3 Å². The van der Waals surface area contributed by atoms with Crippen LogP contribution in [0, 0.1) is 0 Å². The van der Waals surface area contributed by atoms with Crippen LogP contribution in [0.5, 0.6) is 0 Å². The minimum absolute atomic E-state index is 0.720. The van der Waals surface area contributed by atoms with Crippen LogP contribution in [0.3, 0.4) is 0 Å². The Balaban J connectivity index is 1.57. The van der Waals surface area contributed by atoms with Gasteiger partial charge in [0.15, 0.2) is 0 Å². The van der Waals surface area contributed by atoms with Crippen molar-refractivity contribution in [2.75, 3.05) is 5.43 Å². The van der Waals surface area contributed by atoms with Crippen LogP contribution in [-0.4, -0.2) is 10.7 Å². The lowest BCUT2D eigenvalue weighted by Crippen LogP contribution is -2.00. The highest BCUT2D eigenvalue weighted by atomic mass is 35.5. The minimum atomic E-state index is 0.720. The van der Waals surface area contributed by atoms with Gasteiger partial charge in [0.05, 0.1) is 11.4 Å². The lowest BCUT2D eigenvalue weighted by molar-refractivity contribution is 1.27. The summed E-state index contributed by atoms with van der Waals surface area (Å²) < 4.78 is 0. The first-order valence-electron chi connectivity index (χ1n) is 8.20. The first-order chi connectivity index (χ1) is 12.7. The molecule has 0 saturated carbocycles. The Hall–Kier alpha value is -2.69. The third-order valence-electron chi connectivity index (χ3n) is 4.14. The lowest BCUT2D eigenvalue weighted by atomic mass is 10.0. The van der Waals surface area contributed by atoms with E-state index >= 15 is 0 Å². The average Bonchev–Trinajstić information content (AvgIpc) is 3.15. The quantitative estimate of drug-likeness (QED) is 0.327. The number of thiazole rings is 1. The number of aromatic nitrogens is 1. The number of nitrogens with zero attached hydrogens (tertiary/aromatic N) is 2. The van der Waals surface area contributed by atoms with Crippen LogP contribution in [0.4, 0.5) is 5.13 Å². The molecule has 0 fully saturated rings. The fraction of sp³-hybridized carbons (Fsp3) is 0.0476. The average molecular weight is 378 g/mol. The Bertz CT molecular complexity index is 1080. The maximum Gasteiger partial charge on any atom is 0.203 e. The van der Waals surface area contributed by atoms with E-state index in [9.17, 15) is 0 Å². The molecule has 5 heteroatoms. The van der Waals surface area contributed by atoms with Gasteiger partial charge < -0.3 is 0 Å². The molecule has 3 aromatic carbocycles. The zero-order chi connectivity index (χ0) is 17.9. The Labute approximate surface area is 161 Å². The van der Waals surface area contributed by atoms with Crippen molar-refractivity contribution < 1.29 is 0 Å². The summed E-state index contributed by atoms with van der Waals surface area (Å²) in [6.07, 6.45) is 0. The van der Waals surface area contributed by atoms with Gasteiger partial charge in [-0.05, 0) is 29.8 Å². The van der Waals surface area contributed by atoms with Gasteiger partial charge in [-0.3, -0.25) is 5.43 Å². The van der Waals surface area contributed by atoms with Gasteiger partial charge in [-0.1, -0.05) is 66.2 Å². The SMILES string of the molecule is C/C(=N/Nc1nc(-c2ccc(Cl)cc2)cs1)c1cccc2ccccc12. The zero-order valence-corrected chi connectivity index (χ0v) is 15.7. The van der Waals surface area contributed by atoms with Gasteiger partial charge in [-0.25, -0.2) is 4.98 Å². The maximum atomic E-state index is 5.94. The molecule has 0 radical (unpaired) electrons. The molecule has 0 aliphatic carbocycles. The molecule has 1 aromatic heterocycles. The standard InChI is InChI=1S/C21H16ClN3S/c1-14(18-8-4-6-15-5-2-3-7-19(15)18)24-25-21-23-20(13-26-21)16-9-11-17(22)12-10-16/h2-13H,1H3,(H,23,25)/b24-14-. The molecule has 4 rings (SSSR count). The predicted octanol–water partition coefficient (Wildman–Crippen LogP) is 6.45. The molecule has 1 heterocycles. The highest BCUT2D eigenvalue weighted by Gasteiger charge is 2.06.